The summed E-state index contributed by atoms with van der Waals surface area (Å²) in [4.78, 5) is 0. The Morgan fingerprint density at radius 1 is 0.938 bits per heavy atom. The zero-order chi connectivity index (χ0) is 12.0. The summed E-state index contributed by atoms with van der Waals surface area (Å²) in [6.07, 6.45) is 0. The van der Waals surface area contributed by atoms with Crippen LogP contribution in [0.4, 0.5) is 0 Å². The first kappa shape index (κ1) is 13.9. The van der Waals surface area contributed by atoms with Crippen molar-refractivity contribution < 1.29 is 14.6 Å². The van der Waals surface area contributed by atoms with Crippen LogP contribution in [0.2, 0.25) is 15.1 Å². The van der Waals surface area contributed by atoms with Crippen molar-refractivity contribution in [3.63, 3.8) is 0 Å². The van der Waals surface area contributed by atoms with E-state index in [4.69, 9.17) is 49.4 Å². The minimum absolute atomic E-state index is 0.00642. The normalized spacial score (nSPS) is 10.5. The maximum atomic E-state index is 8.47. The first-order valence-corrected chi connectivity index (χ1v) is 5.74. The SMILES string of the molecule is OCCOCCOc1cc(Cl)c(Cl)cc1Cl. The highest BCUT2D eigenvalue weighted by molar-refractivity contribution is 6.43. The molecular formula is C10H11Cl3O3. The molecule has 0 fully saturated rings. The van der Waals surface area contributed by atoms with Crippen molar-refractivity contribution in [1.82, 2.24) is 0 Å². The lowest BCUT2D eigenvalue weighted by Crippen LogP contribution is -2.09. The van der Waals surface area contributed by atoms with Crippen LogP contribution in [0.3, 0.4) is 0 Å². The average molecular weight is 286 g/mol. The van der Waals surface area contributed by atoms with E-state index in [1.165, 1.54) is 6.07 Å². The quantitative estimate of drug-likeness (QED) is 0.645. The Labute approximate surface area is 109 Å². The molecule has 0 aliphatic rings. The summed E-state index contributed by atoms with van der Waals surface area (Å²) in [5.41, 5.74) is 0. The highest BCUT2D eigenvalue weighted by Crippen LogP contribution is 2.33. The molecule has 0 saturated heterocycles. The minimum Gasteiger partial charge on any atom is -0.490 e. The second-order valence-corrected chi connectivity index (χ2v) is 4.10. The van der Waals surface area contributed by atoms with Crippen LogP contribution in [0.5, 0.6) is 5.75 Å². The molecule has 90 valence electrons. The number of benzene rings is 1. The largest absolute Gasteiger partial charge is 0.490 e. The monoisotopic (exact) mass is 284 g/mol. The van der Waals surface area contributed by atoms with Gasteiger partial charge in [0, 0.05) is 6.07 Å². The summed E-state index contributed by atoms with van der Waals surface area (Å²) in [5, 5.41) is 9.65. The highest BCUT2D eigenvalue weighted by Gasteiger charge is 2.06. The van der Waals surface area contributed by atoms with Crippen LogP contribution in [-0.2, 0) is 4.74 Å². The van der Waals surface area contributed by atoms with Crippen molar-refractivity contribution >= 4 is 34.8 Å². The molecule has 0 spiro atoms. The summed E-state index contributed by atoms with van der Waals surface area (Å²) < 4.78 is 10.4. The van der Waals surface area contributed by atoms with Gasteiger partial charge in [0.1, 0.15) is 12.4 Å². The number of hydrogen-bond donors (Lipinski definition) is 1. The summed E-state index contributed by atoms with van der Waals surface area (Å²) in [6.45, 7) is 0.987. The van der Waals surface area contributed by atoms with Gasteiger partial charge in [-0.15, -0.1) is 0 Å². The number of halogens is 3. The second-order valence-electron chi connectivity index (χ2n) is 2.88. The number of aliphatic hydroxyl groups excluding tert-OH is 1. The molecule has 0 unspecified atom stereocenters. The van der Waals surface area contributed by atoms with Crippen molar-refractivity contribution in [2.75, 3.05) is 26.4 Å². The molecule has 0 aliphatic heterocycles. The Bertz CT molecular complexity index is 344. The van der Waals surface area contributed by atoms with Gasteiger partial charge in [-0.2, -0.15) is 0 Å². The Kier molecular flexibility index (Phi) is 6.24. The van der Waals surface area contributed by atoms with Gasteiger partial charge in [0.05, 0.1) is 34.9 Å². The molecule has 0 aromatic heterocycles. The molecule has 0 radical (unpaired) electrons. The first-order valence-electron chi connectivity index (χ1n) is 4.61. The molecule has 6 heteroatoms. The molecular weight excluding hydrogens is 274 g/mol. The minimum atomic E-state index is -0.00642. The maximum absolute atomic E-state index is 8.47. The van der Waals surface area contributed by atoms with E-state index in [-0.39, 0.29) is 6.61 Å². The van der Waals surface area contributed by atoms with Crippen LogP contribution in [0.25, 0.3) is 0 Å². The average Bonchev–Trinajstić information content (AvgIpc) is 2.25. The fourth-order valence-electron chi connectivity index (χ4n) is 0.992. The van der Waals surface area contributed by atoms with E-state index in [2.05, 4.69) is 0 Å². The van der Waals surface area contributed by atoms with Crippen LogP contribution >= 0.6 is 34.8 Å². The molecule has 0 bridgehead atoms. The topological polar surface area (TPSA) is 38.7 Å². The molecule has 1 N–H and O–H groups in total. The Morgan fingerprint density at radius 3 is 2.31 bits per heavy atom. The summed E-state index contributed by atoms with van der Waals surface area (Å²) in [5.74, 6) is 0.462. The van der Waals surface area contributed by atoms with E-state index in [0.717, 1.165) is 0 Å². The fraction of sp³-hybridized carbons (Fsp3) is 0.400. The van der Waals surface area contributed by atoms with Crippen LogP contribution in [0, 0.1) is 0 Å². The molecule has 0 heterocycles. The van der Waals surface area contributed by atoms with Gasteiger partial charge in [0.2, 0.25) is 0 Å². The predicted molar refractivity (Wildman–Crippen MR) is 64.9 cm³/mol. The van der Waals surface area contributed by atoms with E-state index in [0.29, 0.717) is 40.6 Å². The zero-order valence-electron chi connectivity index (χ0n) is 8.38. The van der Waals surface area contributed by atoms with Crippen molar-refractivity contribution in [2.24, 2.45) is 0 Å². The molecule has 0 saturated carbocycles. The Balaban J connectivity index is 2.45. The van der Waals surface area contributed by atoms with Gasteiger partial charge >= 0.3 is 0 Å². The summed E-state index contributed by atoms with van der Waals surface area (Å²) in [6, 6.07) is 3.08. The van der Waals surface area contributed by atoms with E-state index in [9.17, 15) is 0 Å². The zero-order valence-corrected chi connectivity index (χ0v) is 10.6. The van der Waals surface area contributed by atoms with Crippen LogP contribution in [-0.4, -0.2) is 31.5 Å². The van der Waals surface area contributed by atoms with Gasteiger partial charge in [0.25, 0.3) is 0 Å². The lowest BCUT2D eigenvalue weighted by atomic mass is 10.3. The van der Waals surface area contributed by atoms with Gasteiger partial charge in [-0.1, -0.05) is 34.8 Å². The molecule has 3 nitrogen and oxygen atoms in total. The van der Waals surface area contributed by atoms with E-state index >= 15 is 0 Å². The third kappa shape index (κ3) is 4.36. The van der Waals surface area contributed by atoms with Crippen molar-refractivity contribution in [3.05, 3.63) is 27.2 Å². The van der Waals surface area contributed by atoms with Gasteiger partial charge in [-0.3, -0.25) is 0 Å². The maximum Gasteiger partial charge on any atom is 0.139 e. The molecule has 0 amide bonds. The Hall–Kier alpha value is -0.190. The van der Waals surface area contributed by atoms with E-state index < -0.39 is 0 Å². The fourth-order valence-corrected chi connectivity index (χ4v) is 1.58. The van der Waals surface area contributed by atoms with Gasteiger partial charge < -0.3 is 14.6 Å². The molecule has 1 aromatic carbocycles. The highest BCUT2D eigenvalue weighted by atomic mass is 35.5. The van der Waals surface area contributed by atoms with Crippen LogP contribution < -0.4 is 4.74 Å². The van der Waals surface area contributed by atoms with Gasteiger partial charge in [-0.25, -0.2) is 0 Å². The summed E-state index contributed by atoms with van der Waals surface area (Å²) >= 11 is 17.5. The molecule has 0 aliphatic carbocycles. The third-order valence-electron chi connectivity index (χ3n) is 1.70. The smallest absolute Gasteiger partial charge is 0.139 e. The second kappa shape index (κ2) is 7.20. The van der Waals surface area contributed by atoms with Crippen LogP contribution in [0.1, 0.15) is 0 Å². The lowest BCUT2D eigenvalue weighted by Gasteiger charge is -2.09. The van der Waals surface area contributed by atoms with Gasteiger partial charge in [0.15, 0.2) is 0 Å². The lowest BCUT2D eigenvalue weighted by molar-refractivity contribution is 0.0705. The molecule has 16 heavy (non-hydrogen) atoms. The predicted octanol–water partition coefficient (Wildman–Crippen LogP) is 3.03. The summed E-state index contributed by atoms with van der Waals surface area (Å²) in [7, 11) is 0. The van der Waals surface area contributed by atoms with E-state index in [1.54, 1.807) is 6.07 Å². The number of rotatable bonds is 6. The number of hydrogen-bond acceptors (Lipinski definition) is 3. The number of aliphatic hydroxyl groups is 1. The van der Waals surface area contributed by atoms with Crippen molar-refractivity contribution in [2.45, 2.75) is 0 Å². The standard InChI is InChI=1S/C10H11Cl3O3/c11-7-5-9(13)10(6-8(7)12)16-4-3-15-2-1-14/h5-6,14H,1-4H2. The first-order chi connectivity index (χ1) is 7.65. The van der Waals surface area contributed by atoms with Crippen molar-refractivity contribution in [3.8, 4) is 5.75 Å². The molecule has 1 rings (SSSR count). The molecule has 0 atom stereocenters. The number of ether oxygens (including phenoxy) is 2. The van der Waals surface area contributed by atoms with Crippen molar-refractivity contribution in [1.29, 1.82) is 0 Å². The van der Waals surface area contributed by atoms with E-state index in [1.807, 2.05) is 0 Å². The molecule has 1 aromatic rings. The Morgan fingerprint density at radius 2 is 1.62 bits per heavy atom. The van der Waals surface area contributed by atoms with Gasteiger partial charge in [-0.05, 0) is 6.07 Å². The van der Waals surface area contributed by atoms with Crippen LogP contribution in [0.15, 0.2) is 12.1 Å². The third-order valence-corrected chi connectivity index (χ3v) is 2.71.